The lowest BCUT2D eigenvalue weighted by atomic mass is 9.99. The average Bonchev–Trinajstić information content (AvgIpc) is 2.76. The van der Waals surface area contributed by atoms with Crippen molar-refractivity contribution in [3.8, 4) is 0 Å². The Bertz CT molecular complexity index is 446. The van der Waals surface area contributed by atoms with Crippen LogP contribution in [-0.4, -0.2) is 65.2 Å². The molecule has 1 aliphatic heterocycles. The molecule has 1 heterocycles. The van der Waals surface area contributed by atoms with Gasteiger partial charge in [-0.05, 0) is 13.3 Å². The average molecular weight is 447 g/mol. The number of carbonyl (C=O) groups excluding carboxylic acids is 1. The van der Waals surface area contributed by atoms with Gasteiger partial charge < -0.3 is 29.5 Å². The van der Waals surface area contributed by atoms with Gasteiger partial charge in [0.2, 0.25) is 0 Å². The number of hydrogen-bond donors (Lipinski definition) is 3. The smallest absolute Gasteiger partial charge is 0.305 e. The van der Waals surface area contributed by atoms with Crippen LogP contribution in [0.3, 0.4) is 0 Å². The normalized spacial score (nSPS) is 26.2. The molecule has 1 fully saturated rings. The number of aliphatic hydroxyl groups is 3. The van der Waals surface area contributed by atoms with Crippen molar-refractivity contribution in [2.75, 3.05) is 13.2 Å². The number of carbonyl (C=O) groups is 1. The Kier molecular flexibility index (Phi) is 16.2. The summed E-state index contributed by atoms with van der Waals surface area (Å²) in [5.41, 5.74) is 0. The van der Waals surface area contributed by atoms with E-state index in [9.17, 15) is 20.1 Å². The molecule has 3 N–H and O–H groups in total. The van der Waals surface area contributed by atoms with Crippen molar-refractivity contribution in [2.45, 2.75) is 134 Å². The van der Waals surface area contributed by atoms with Gasteiger partial charge in [-0.2, -0.15) is 0 Å². The van der Waals surface area contributed by atoms with Crippen LogP contribution in [0, 0.1) is 0 Å². The second-order valence-electron chi connectivity index (χ2n) is 8.65. The van der Waals surface area contributed by atoms with Crippen molar-refractivity contribution < 1.29 is 34.3 Å². The molecule has 0 spiro atoms. The highest BCUT2D eigenvalue weighted by Gasteiger charge is 2.44. The van der Waals surface area contributed by atoms with Crippen LogP contribution < -0.4 is 0 Å². The van der Waals surface area contributed by atoms with Gasteiger partial charge in [-0.1, -0.05) is 84.0 Å². The molecule has 0 aromatic carbocycles. The summed E-state index contributed by atoms with van der Waals surface area (Å²) in [7, 11) is 0. The fraction of sp³-hybridized carbons (Fsp3) is 0.958. The molecule has 184 valence electrons. The van der Waals surface area contributed by atoms with Gasteiger partial charge in [-0.15, -0.1) is 0 Å². The highest BCUT2D eigenvalue weighted by molar-refractivity contribution is 5.69. The van der Waals surface area contributed by atoms with Gasteiger partial charge in [0.1, 0.15) is 31.0 Å². The molecule has 7 heteroatoms. The van der Waals surface area contributed by atoms with Crippen molar-refractivity contribution in [1.29, 1.82) is 0 Å². The van der Waals surface area contributed by atoms with E-state index in [1.165, 1.54) is 64.2 Å². The summed E-state index contributed by atoms with van der Waals surface area (Å²) in [6.45, 7) is 4.09. The van der Waals surface area contributed by atoms with E-state index in [-0.39, 0.29) is 19.2 Å². The Labute approximate surface area is 188 Å². The van der Waals surface area contributed by atoms with Crippen LogP contribution in [0.25, 0.3) is 0 Å². The minimum Gasteiger partial charge on any atom is -0.463 e. The lowest BCUT2D eigenvalue weighted by Crippen LogP contribution is -2.59. The molecule has 0 aromatic rings. The van der Waals surface area contributed by atoms with E-state index >= 15 is 0 Å². The first-order chi connectivity index (χ1) is 15.0. The SMILES string of the molecule is CCCCCCCCCCCCCCCC(=O)OC[C@H]1OC(OCC)[C@H](O)[C@@H](O)[C@@H]1O. The Morgan fingerprint density at radius 1 is 0.742 bits per heavy atom. The second-order valence-corrected chi connectivity index (χ2v) is 8.65. The van der Waals surface area contributed by atoms with Gasteiger partial charge in [0, 0.05) is 13.0 Å². The van der Waals surface area contributed by atoms with Gasteiger partial charge in [0.25, 0.3) is 0 Å². The van der Waals surface area contributed by atoms with E-state index in [0.717, 1.165) is 19.3 Å². The topological polar surface area (TPSA) is 105 Å². The van der Waals surface area contributed by atoms with Crippen LogP contribution in [0.15, 0.2) is 0 Å². The van der Waals surface area contributed by atoms with Crippen molar-refractivity contribution in [2.24, 2.45) is 0 Å². The predicted octanol–water partition coefficient (Wildman–Crippen LogP) is 3.86. The van der Waals surface area contributed by atoms with Crippen LogP contribution in [0.5, 0.6) is 0 Å². The maximum Gasteiger partial charge on any atom is 0.305 e. The third-order valence-electron chi connectivity index (χ3n) is 5.89. The van der Waals surface area contributed by atoms with Crippen molar-refractivity contribution in [3.05, 3.63) is 0 Å². The van der Waals surface area contributed by atoms with Crippen LogP contribution in [0.2, 0.25) is 0 Å². The van der Waals surface area contributed by atoms with Crippen LogP contribution in [-0.2, 0) is 19.0 Å². The fourth-order valence-corrected chi connectivity index (χ4v) is 3.89. The Balaban J connectivity index is 2.01. The van der Waals surface area contributed by atoms with E-state index in [4.69, 9.17) is 14.2 Å². The highest BCUT2D eigenvalue weighted by atomic mass is 16.7. The summed E-state index contributed by atoms with van der Waals surface area (Å²) in [4.78, 5) is 11.9. The third-order valence-corrected chi connectivity index (χ3v) is 5.89. The molecule has 1 saturated heterocycles. The summed E-state index contributed by atoms with van der Waals surface area (Å²) < 4.78 is 15.9. The zero-order chi connectivity index (χ0) is 22.9. The number of ether oxygens (including phenoxy) is 3. The van der Waals surface area contributed by atoms with Gasteiger partial charge in [0.05, 0.1) is 0 Å². The Morgan fingerprint density at radius 2 is 1.26 bits per heavy atom. The molecule has 0 aromatic heterocycles. The molecule has 0 bridgehead atoms. The minimum absolute atomic E-state index is 0.175. The maximum absolute atomic E-state index is 11.9. The number of aliphatic hydroxyl groups excluding tert-OH is 3. The number of esters is 1. The number of unbranched alkanes of at least 4 members (excludes halogenated alkanes) is 12. The summed E-state index contributed by atoms with van der Waals surface area (Å²) in [5, 5.41) is 29.8. The van der Waals surface area contributed by atoms with E-state index in [1.807, 2.05) is 0 Å². The second kappa shape index (κ2) is 17.8. The minimum atomic E-state index is -1.41. The van der Waals surface area contributed by atoms with E-state index < -0.39 is 30.7 Å². The van der Waals surface area contributed by atoms with E-state index in [2.05, 4.69) is 6.92 Å². The van der Waals surface area contributed by atoms with Crippen molar-refractivity contribution in [1.82, 2.24) is 0 Å². The first-order valence-corrected chi connectivity index (χ1v) is 12.5. The molecule has 1 aliphatic rings. The van der Waals surface area contributed by atoms with Crippen LogP contribution in [0.1, 0.15) is 104 Å². The molecule has 0 saturated carbocycles. The first kappa shape index (κ1) is 28.3. The summed E-state index contributed by atoms with van der Waals surface area (Å²) in [6.07, 6.45) is 10.5. The molecule has 0 amide bonds. The molecular weight excluding hydrogens is 400 g/mol. The summed E-state index contributed by atoms with van der Waals surface area (Å²) >= 11 is 0. The molecule has 0 aliphatic carbocycles. The third kappa shape index (κ3) is 12.2. The van der Waals surface area contributed by atoms with Gasteiger partial charge in [-0.25, -0.2) is 0 Å². The van der Waals surface area contributed by atoms with Gasteiger partial charge >= 0.3 is 5.97 Å². The van der Waals surface area contributed by atoms with Crippen molar-refractivity contribution >= 4 is 5.97 Å². The summed E-state index contributed by atoms with van der Waals surface area (Å²) in [5.74, 6) is -0.340. The van der Waals surface area contributed by atoms with Gasteiger partial charge in [-0.3, -0.25) is 4.79 Å². The zero-order valence-corrected chi connectivity index (χ0v) is 19.7. The standard InChI is InChI=1S/C24H46O7/c1-3-5-6-7-8-9-10-11-12-13-14-15-16-17-20(25)30-18-19-21(26)22(27)23(28)24(31-19)29-4-2/h19,21-24,26-28H,3-18H2,1-2H3/t19-,21-,22+,23-,24?/m1/s1. The monoisotopic (exact) mass is 446 g/mol. The molecule has 31 heavy (non-hydrogen) atoms. The van der Waals surface area contributed by atoms with Crippen LogP contribution >= 0.6 is 0 Å². The molecule has 1 rings (SSSR count). The lowest BCUT2D eigenvalue weighted by molar-refractivity contribution is -0.300. The molecule has 0 radical (unpaired) electrons. The summed E-state index contributed by atoms with van der Waals surface area (Å²) in [6, 6.07) is 0. The first-order valence-electron chi connectivity index (χ1n) is 12.5. The predicted molar refractivity (Wildman–Crippen MR) is 120 cm³/mol. The Hall–Kier alpha value is -0.730. The number of hydrogen-bond acceptors (Lipinski definition) is 7. The lowest BCUT2D eigenvalue weighted by Gasteiger charge is -2.39. The van der Waals surface area contributed by atoms with E-state index in [0.29, 0.717) is 6.42 Å². The zero-order valence-electron chi connectivity index (χ0n) is 19.7. The molecule has 1 unspecified atom stereocenters. The molecule has 5 atom stereocenters. The largest absolute Gasteiger partial charge is 0.463 e. The maximum atomic E-state index is 11.9. The van der Waals surface area contributed by atoms with Gasteiger partial charge in [0.15, 0.2) is 6.29 Å². The molecular formula is C24H46O7. The Morgan fingerprint density at radius 3 is 1.77 bits per heavy atom. The van der Waals surface area contributed by atoms with Crippen LogP contribution in [0.4, 0.5) is 0 Å². The highest BCUT2D eigenvalue weighted by Crippen LogP contribution is 2.22. The quantitative estimate of drug-likeness (QED) is 0.217. The fourth-order valence-electron chi connectivity index (χ4n) is 3.89. The van der Waals surface area contributed by atoms with Crippen molar-refractivity contribution in [3.63, 3.8) is 0 Å². The number of rotatable bonds is 18. The van der Waals surface area contributed by atoms with E-state index in [1.54, 1.807) is 6.92 Å². The molecule has 7 nitrogen and oxygen atoms in total.